The fourth-order valence-electron chi connectivity index (χ4n) is 2.52. The Hall–Kier alpha value is -2.69. The van der Waals surface area contributed by atoms with Crippen molar-refractivity contribution in [2.45, 2.75) is 12.5 Å². The normalized spacial score (nSPS) is 16.7. The number of hydrogen-bond acceptors (Lipinski definition) is 4. The monoisotopic (exact) mass is 283 g/mol. The van der Waals surface area contributed by atoms with E-state index in [0.29, 0.717) is 23.5 Å². The average molecular weight is 283 g/mol. The van der Waals surface area contributed by atoms with Gasteiger partial charge in [-0.3, -0.25) is 4.79 Å². The van der Waals surface area contributed by atoms with Crippen LogP contribution in [0, 0.1) is 0 Å². The molecule has 0 bridgehead atoms. The van der Waals surface area contributed by atoms with E-state index in [1.807, 2.05) is 24.3 Å². The minimum Gasteiger partial charge on any atom is -0.493 e. The molecule has 1 aliphatic heterocycles. The number of carbonyl (C=O) groups is 1. The Kier molecular flexibility index (Phi) is 3.39. The summed E-state index contributed by atoms with van der Waals surface area (Å²) >= 11 is 0. The second-order valence-corrected chi connectivity index (χ2v) is 5.05. The smallest absolute Gasteiger partial charge is 0.253 e. The van der Waals surface area contributed by atoms with Gasteiger partial charge in [0.2, 0.25) is 0 Å². The van der Waals surface area contributed by atoms with E-state index in [1.54, 1.807) is 18.2 Å². The van der Waals surface area contributed by atoms with Crippen molar-refractivity contribution in [1.82, 2.24) is 5.32 Å². The van der Waals surface area contributed by atoms with Crippen molar-refractivity contribution in [1.29, 1.82) is 0 Å². The highest BCUT2D eigenvalue weighted by atomic mass is 16.5. The molecule has 1 heterocycles. The standard InChI is InChI=1S/C16H17N3O2/c17-10-5-6-11(13(18)9-10)16(20)19-14-7-8-21-15-4-2-1-3-12(14)15/h1-6,9,14H,7-8,17-18H2,(H,19,20). The fraction of sp³-hybridized carbons (Fsp3) is 0.188. The third-order valence-electron chi connectivity index (χ3n) is 3.58. The van der Waals surface area contributed by atoms with Gasteiger partial charge in [0.15, 0.2) is 0 Å². The molecule has 1 aliphatic rings. The number of rotatable bonds is 2. The van der Waals surface area contributed by atoms with Crippen molar-refractivity contribution in [3.8, 4) is 5.75 Å². The minimum atomic E-state index is -0.200. The molecule has 0 radical (unpaired) electrons. The van der Waals surface area contributed by atoms with Crippen LogP contribution in [-0.4, -0.2) is 12.5 Å². The Morgan fingerprint density at radius 1 is 1.19 bits per heavy atom. The van der Waals surface area contributed by atoms with Crippen LogP contribution in [0.2, 0.25) is 0 Å². The van der Waals surface area contributed by atoms with Crippen LogP contribution >= 0.6 is 0 Å². The third-order valence-corrected chi connectivity index (χ3v) is 3.58. The summed E-state index contributed by atoms with van der Waals surface area (Å²) < 4.78 is 5.59. The lowest BCUT2D eigenvalue weighted by atomic mass is 10.00. The highest BCUT2D eigenvalue weighted by molar-refractivity contribution is 5.99. The van der Waals surface area contributed by atoms with Gasteiger partial charge in [-0.05, 0) is 24.3 Å². The summed E-state index contributed by atoms with van der Waals surface area (Å²) in [6, 6.07) is 12.6. The van der Waals surface area contributed by atoms with Crippen molar-refractivity contribution < 1.29 is 9.53 Å². The first-order valence-electron chi connectivity index (χ1n) is 6.83. The van der Waals surface area contributed by atoms with Gasteiger partial charge < -0.3 is 21.5 Å². The van der Waals surface area contributed by atoms with Crippen LogP contribution in [0.5, 0.6) is 5.75 Å². The van der Waals surface area contributed by atoms with E-state index in [-0.39, 0.29) is 11.9 Å². The lowest BCUT2D eigenvalue weighted by Crippen LogP contribution is -2.32. The van der Waals surface area contributed by atoms with Crippen molar-refractivity contribution in [3.05, 3.63) is 53.6 Å². The molecule has 1 amide bonds. The second kappa shape index (κ2) is 5.36. The zero-order valence-electron chi connectivity index (χ0n) is 11.5. The van der Waals surface area contributed by atoms with Gasteiger partial charge in [-0.25, -0.2) is 0 Å². The molecule has 1 atom stereocenters. The van der Waals surface area contributed by atoms with Gasteiger partial charge in [-0.15, -0.1) is 0 Å². The van der Waals surface area contributed by atoms with E-state index in [4.69, 9.17) is 16.2 Å². The SMILES string of the molecule is Nc1ccc(C(=O)NC2CCOc3ccccc32)c(N)c1. The Labute approximate surface area is 122 Å². The molecule has 0 saturated heterocycles. The van der Waals surface area contributed by atoms with E-state index in [2.05, 4.69) is 5.32 Å². The Morgan fingerprint density at radius 3 is 2.81 bits per heavy atom. The van der Waals surface area contributed by atoms with Gasteiger partial charge in [0.05, 0.1) is 18.2 Å². The number of nitrogen functional groups attached to an aromatic ring is 2. The molecule has 5 N–H and O–H groups in total. The van der Waals surface area contributed by atoms with E-state index in [0.717, 1.165) is 17.7 Å². The van der Waals surface area contributed by atoms with Crippen molar-refractivity contribution >= 4 is 17.3 Å². The average Bonchev–Trinajstić information content (AvgIpc) is 2.47. The molecular formula is C16H17N3O2. The van der Waals surface area contributed by atoms with Crippen molar-refractivity contribution in [2.75, 3.05) is 18.1 Å². The Bertz CT molecular complexity index is 685. The number of carbonyl (C=O) groups excluding carboxylic acids is 1. The maximum atomic E-state index is 12.4. The van der Waals surface area contributed by atoms with Crippen LogP contribution in [0.15, 0.2) is 42.5 Å². The molecule has 21 heavy (non-hydrogen) atoms. The summed E-state index contributed by atoms with van der Waals surface area (Å²) in [4.78, 5) is 12.4. The van der Waals surface area contributed by atoms with Crippen LogP contribution in [0.25, 0.3) is 0 Å². The first-order chi connectivity index (χ1) is 10.1. The first-order valence-corrected chi connectivity index (χ1v) is 6.83. The number of amides is 1. The summed E-state index contributed by atoms with van der Waals surface area (Å²) in [6.07, 6.45) is 0.734. The van der Waals surface area contributed by atoms with E-state index >= 15 is 0 Å². The third kappa shape index (κ3) is 2.63. The van der Waals surface area contributed by atoms with Crippen LogP contribution in [0.3, 0.4) is 0 Å². The number of ether oxygens (including phenoxy) is 1. The largest absolute Gasteiger partial charge is 0.493 e. The molecule has 2 aromatic rings. The topological polar surface area (TPSA) is 90.4 Å². The maximum Gasteiger partial charge on any atom is 0.253 e. The number of nitrogens with one attached hydrogen (secondary N) is 1. The quantitative estimate of drug-likeness (QED) is 0.736. The zero-order chi connectivity index (χ0) is 14.8. The molecule has 0 aliphatic carbocycles. The molecule has 5 heteroatoms. The predicted molar refractivity (Wildman–Crippen MR) is 82.0 cm³/mol. The number of anilines is 2. The molecular weight excluding hydrogens is 266 g/mol. The molecule has 1 unspecified atom stereocenters. The molecule has 108 valence electrons. The van der Waals surface area contributed by atoms with Crippen LogP contribution < -0.4 is 21.5 Å². The summed E-state index contributed by atoms with van der Waals surface area (Å²) in [7, 11) is 0. The molecule has 5 nitrogen and oxygen atoms in total. The summed E-state index contributed by atoms with van der Waals surface area (Å²) in [6.45, 7) is 0.583. The van der Waals surface area contributed by atoms with Crippen molar-refractivity contribution in [2.24, 2.45) is 0 Å². The van der Waals surface area contributed by atoms with Crippen LogP contribution in [0.4, 0.5) is 11.4 Å². The van der Waals surface area contributed by atoms with Gasteiger partial charge in [-0.2, -0.15) is 0 Å². The Morgan fingerprint density at radius 2 is 2.00 bits per heavy atom. The summed E-state index contributed by atoms with van der Waals surface area (Å²) in [5.74, 6) is 0.619. The number of benzene rings is 2. The zero-order valence-corrected chi connectivity index (χ0v) is 11.5. The maximum absolute atomic E-state index is 12.4. The van der Waals surface area contributed by atoms with Gasteiger partial charge >= 0.3 is 0 Å². The van der Waals surface area contributed by atoms with E-state index < -0.39 is 0 Å². The first kappa shape index (κ1) is 13.3. The molecule has 3 rings (SSSR count). The van der Waals surface area contributed by atoms with Gasteiger partial charge in [0, 0.05) is 23.4 Å². The molecule has 0 aromatic heterocycles. The van der Waals surface area contributed by atoms with Gasteiger partial charge in [0.1, 0.15) is 5.75 Å². The second-order valence-electron chi connectivity index (χ2n) is 5.05. The van der Waals surface area contributed by atoms with Crippen LogP contribution in [0.1, 0.15) is 28.4 Å². The van der Waals surface area contributed by atoms with Crippen LogP contribution in [-0.2, 0) is 0 Å². The molecule has 0 spiro atoms. The number of nitrogens with two attached hydrogens (primary N) is 2. The summed E-state index contributed by atoms with van der Waals surface area (Å²) in [5.41, 5.74) is 13.9. The minimum absolute atomic E-state index is 0.0700. The number of para-hydroxylation sites is 1. The highest BCUT2D eigenvalue weighted by Crippen LogP contribution is 2.31. The predicted octanol–water partition coefficient (Wildman–Crippen LogP) is 2.10. The molecule has 2 aromatic carbocycles. The molecule has 0 saturated carbocycles. The van der Waals surface area contributed by atoms with E-state index in [1.165, 1.54) is 0 Å². The lowest BCUT2D eigenvalue weighted by molar-refractivity contribution is 0.0926. The molecule has 0 fully saturated rings. The lowest BCUT2D eigenvalue weighted by Gasteiger charge is -2.26. The number of hydrogen-bond donors (Lipinski definition) is 3. The van der Waals surface area contributed by atoms with E-state index in [9.17, 15) is 4.79 Å². The van der Waals surface area contributed by atoms with Gasteiger partial charge in [0.25, 0.3) is 5.91 Å². The Balaban J connectivity index is 1.83. The summed E-state index contributed by atoms with van der Waals surface area (Å²) in [5, 5.41) is 3.01. The fourth-order valence-corrected chi connectivity index (χ4v) is 2.52. The number of fused-ring (bicyclic) bond motifs is 1. The van der Waals surface area contributed by atoms with Gasteiger partial charge in [-0.1, -0.05) is 18.2 Å². The highest BCUT2D eigenvalue weighted by Gasteiger charge is 2.23. The van der Waals surface area contributed by atoms with Crippen molar-refractivity contribution in [3.63, 3.8) is 0 Å².